The van der Waals surface area contributed by atoms with Crippen LogP contribution in [0.2, 0.25) is 0 Å². The number of alkyl halides is 1. The Kier molecular flexibility index (Phi) is 5.29. The molecular formula is C12H16ClNO2. The number of hydrogen-bond donors (Lipinski definition) is 1. The van der Waals surface area contributed by atoms with Crippen LogP contribution in [0.25, 0.3) is 0 Å². The summed E-state index contributed by atoms with van der Waals surface area (Å²) >= 11 is 5.79. The summed E-state index contributed by atoms with van der Waals surface area (Å²) in [5.74, 6) is -0.405. The molecule has 0 saturated carbocycles. The summed E-state index contributed by atoms with van der Waals surface area (Å²) < 4.78 is 4.52. The molecule has 1 unspecified atom stereocenters. The van der Waals surface area contributed by atoms with Crippen LogP contribution in [-0.4, -0.2) is 25.0 Å². The molecule has 1 atom stereocenters. The number of benzene rings is 1. The standard InChI is InChI=1S/C12H16ClNO2/c1-9-3-5-10(6-4-9)7-14-8-11(13)12(15)16-2/h3-6,11,14H,7-8H2,1-2H3. The molecule has 88 valence electrons. The highest BCUT2D eigenvalue weighted by atomic mass is 35.5. The Hall–Kier alpha value is -1.06. The molecule has 1 aromatic rings. The van der Waals surface area contributed by atoms with E-state index in [4.69, 9.17) is 11.6 Å². The number of hydrogen-bond acceptors (Lipinski definition) is 3. The number of methoxy groups -OCH3 is 1. The molecule has 3 nitrogen and oxygen atoms in total. The van der Waals surface area contributed by atoms with Crippen molar-refractivity contribution < 1.29 is 9.53 Å². The molecule has 1 N–H and O–H groups in total. The molecule has 0 fully saturated rings. The maximum Gasteiger partial charge on any atom is 0.325 e. The van der Waals surface area contributed by atoms with E-state index in [0.29, 0.717) is 13.1 Å². The predicted molar refractivity (Wildman–Crippen MR) is 64.5 cm³/mol. The quantitative estimate of drug-likeness (QED) is 0.632. The van der Waals surface area contributed by atoms with Crippen molar-refractivity contribution in [1.82, 2.24) is 5.32 Å². The van der Waals surface area contributed by atoms with Crippen LogP contribution in [-0.2, 0) is 16.1 Å². The van der Waals surface area contributed by atoms with Gasteiger partial charge in [0.15, 0.2) is 0 Å². The van der Waals surface area contributed by atoms with E-state index in [1.165, 1.54) is 18.2 Å². The van der Waals surface area contributed by atoms with Gasteiger partial charge in [-0.15, -0.1) is 11.6 Å². The molecule has 0 spiro atoms. The van der Waals surface area contributed by atoms with Gasteiger partial charge in [0, 0.05) is 13.1 Å². The first-order valence-corrected chi connectivity index (χ1v) is 5.55. The highest BCUT2D eigenvalue weighted by Crippen LogP contribution is 2.03. The molecule has 0 amide bonds. The van der Waals surface area contributed by atoms with Crippen LogP contribution in [0.15, 0.2) is 24.3 Å². The van der Waals surface area contributed by atoms with E-state index >= 15 is 0 Å². The molecule has 0 bridgehead atoms. The summed E-state index contributed by atoms with van der Waals surface area (Å²) in [4.78, 5) is 11.0. The number of aryl methyl sites for hydroxylation is 1. The first-order chi connectivity index (χ1) is 7.63. The molecular weight excluding hydrogens is 226 g/mol. The molecule has 0 heterocycles. The minimum atomic E-state index is -0.629. The Labute approximate surface area is 101 Å². The molecule has 0 aliphatic rings. The molecule has 4 heteroatoms. The minimum absolute atomic E-state index is 0.405. The molecule has 1 rings (SSSR count). The molecule has 16 heavy (non-hydrogen) atoms. The average Bonchev–Trinajstić information content (AvgIpc) is 2.30. The zero-order valence-corrected chi connectivity index (χ0v) is 10.3. The minimum Gasteiger partial charge on any atom is -0.468 e. The van der Waals surface area contributed by atoms with Crippen LogP contribution in [0.1, 0.15) is 11.1 Å². The molecule has 0 aliphatic carbocycles. The summed E-state index contributed by atoms with van der Waals surface area (Å²) in [6, 6.07) is 8.19. The zero-order chi connectivity index (χ0) is 12.0. The summed E-state index contributed by atoms with van der Waals surface area (Å²) in [6.45, 7) is 3.14. The van der Waals surface area contributed by atoms with E-state index in [0.717, 1.165) is 0 Å². The number of halogens is 1. The lowest BCUT2D eigenvalue weighted by atomic mass is 10.1. The van der Waals surface area contributed by atoms with Crippen LogP contribution in [0.3, 0.4) is 0 Å². The van der Waals surface area contributed by atoms with Gasteiger partial charge in [0.2, 0.25) is 0 Å². The van der Waals surface area contributed by atoms with Gasteiger partial charge in [-0.1, -0.05) is 29.8 Å². The smallest absolute Gasteiger partial charge is 0.325 e. The lowest BCUT2D eigenvalue weighted by molar-refractivity contribution is -0.140. The Morgan fingerprint density at radius 2 is 2.06 bits per heavy atom. The number of carbonyl (C=O) groups excluding carboxylic acids is 1. The van der Waals surface area contributed by atoms with Crippen LogP contribution in [0.4, 0.5) is 0 Å². The van der Waals surface area contributed by atoms with Gasteiger partial charge in [0.1, 0.15) is 5.38 Å². The average molecular weight is 242 g/mol. The van der Waals surface area contributed by atoms with Crippen molar-refractivity contribution in [1.29, 1.82) is 0 Å². The van der Waals surface area contributed by atoms with Gasteiger partial charge in [-0.25, -0.2) is 0 Å². The molecule has 1 aromatic carbocycles. The molecule has 0 radical (unpaired) electrons. The fourth-order valence-corrected chi connectivity index (χ4v) is 1.46. The first-order valence-electron chi connectivity index (χ1n) is 5.11. The van der Waals surface area contributed by atoms with E-state index in [1.807, 2.05) is 19.1 Å². The van der Waals surface area contributed by atoms with Crippen LogP contribution < -0.4 is 5.32 Å². The van der Waals surface area contributed by atoms with E-state index in [2.05, 4.69) is 22.2 Å². The molecule has 0 aromatic heterocycles. The Morgan fingerprint density at radius 1 is 1.44 bits per heavy atom. The third-order valence-electron chi connectivity index (χ3n) is 2.23. The predicted octanol–water partition coefficient (Wildman–Crippen LogP) is 1.87. The fourth-order valence-electron chi connectivity index (χ4n) is 1.26. The summed E-state index contributed by atoms with van der Waals surface area (Å²) in [7, 11) is 1.33. The molecule has 0 saturated heterocycles. The number of esters is 1. The number of rotatable bonds is 5. The maximum atomic E-state index is 11.0. The Morgan fingerprint density at radius 3 is 2.62 bits per heavy atom. The van der Waals surface area contributed by atoms with E-state index in [9.17, 15) is 4.79 Å². The van der Waals surface area contributed by atoms with E-state index in [-0.39, 0.29) is 0 Å². The van der Waals surface area contributed by atoms with Gasteiger partial charge in [-0.3, -0.25) is 4.79 Å². The van der Waals surface area contributed by atoms with Crippen molar-refractivity contribution in [3.8, 4) is 0 Å². The van der Waals surface area contributed by atoms with Crippen LogP contribution >= 0.6 is 11.6 Å². The normalized spacial score (nSPS) is 12.2. The van der Waals surface area contributed by atoms with Crippen LogP contribution in [0, 0.1) is 6.92 Å². The third-order valence-corrected chi connectivity index (χ3v) is 2.56. The van der Waals surface area contributed by atoms with E-state index in [1.54, 1.807) is 0 Å². The Balaban J connectivity index is 2.30. The first kappa shape index (κ1) is 13.0. The second-order valence-electron chi connectivity index (χ2n) is 3.61. The van der Waals surface area contributed by atoms with Gasteiger partial charge >= 0.3 is 5.97 Å². The van der Waals surface area contributed by atoms with E-state index < -0.39 is 11.3 Å². The lowest BCUT2D eigenvalue weighted by Crippen LogP contribution is -2.29. The Bertz CT molecular complexity index is 337. The topological polar surface area (TPSA) is 38.3 Å². The summed E-state index contributed by atoms with van der Waals surface area (Å²) in [5.41, 5.74) is 2.40. The number of ether oxygens (including phenoxy) is 1. The third kappa shape index (κ3) is 4.21. The van der Waals surface area contributed by atoms with Crippen LogP contribution in [0.5, 0.6) is 0 Å². The zero-order valence-electron chi connectivity index (χ0n) is 9.50. The van der Waals surface area contributed by atoms with Crippen molar-refractivity contribution in [2.24, 2.45) is 0 Å². The van der Waals surface area contributed by atoms with Crippen molar-refractivity contribution >= 4 is 17.6 Å². The lowest BCUT2D eigenvalue weighted by Gasteiger charge is -2.08. The summed E-state index contributed by atoms with van der Waals surface area (Å²) in [5, 5.41) is 2.47. The van der Waals surface area contributed by atoms with Crippen molar-refractivity contribution in [2.75, 3.05) is 13.7 Å². The van der Waals surface area contributed by atoms with Gasteiger partial charge in [-0.05, 0) is 12.5 Å². The summed E-state index contributed by atoms with van der Waals surface area (Å²) in [6.07, 6.45) is 0. The number of nitrogens with one attached hydrogen (secondary N) is 1. The van der Waals surface area contributed by atoms with Crippen molar-refractivity contribution in [2.45, 2.75) is 18.8 Å². The van der Waals surface area contributed by atoms with Crippen molar-refractivity contribution in [3.05, 3.63) is 35.4 Å². The monoisotopic (exact) mass is 241 g/mol. The fraction of sp³-hybridized carbons (Fsp3) is 0.417. The van der Waals surface area contributed by atoms with Gasteiger partial charge in [0.25, 0.3) is 0 Å². The largest absolute Gasteiger partial charge is 0.468 e. The second-order valence-corrected chi connectivity index (χ2v) is 4.13. The van der Waals surface area contributed by atoms with Crippen molar-refractivity contribution in [3.63, 3.8) is 0 Å². The van der Waals surface area contributed by atoms with Gasteiger partial charge in [-0.2, -0.15) is 0 Å². The van der Waals surface area contributed by atoms with Gasteiger partial charge in [0.05, 0.1) is 7.11 Å². The SMILES string of the molecule is COC(=O)C(Cl)CNCc1ccc(C)cc1. The van der Waals surface area contributed by atoms with Gasteiger partial charge < -0.3 is 10.1 Å². The highest BCUT2D eigenvalue weighted by molar-refractivity contribution is 6.30. The second kappa shape index (κ2) is 6.51. The maximum absolute atomic E-state index is 11.0. The molecule has 0 aliphatic heterocycles. The number of carbonyl (C=O) groups is 1. The highest BCUT2D eigenvalue weighted by Gasteiger charge is 2.14.